The standard InChI is InChI=1S/C16H18O5/c1-4-19-14-12-10(21-16(2,3)15(14)18)7-5-9-6-8-11(17)20-13(9)12/h5-8,14-15,18H,4H2,1-3H3/t14-,15+/m1/s1. The molecular formula is C16H18O5. The molecule has 1 aliphatic heterocycles. The lowest BCUT2D eigenvalue weighted by atomic mass is 9.87. The third kappa shape index (κ3) is 2.22. The summed E-state index contributed by atoms with van der Waals surface area (Å²) >= 11 is 0. The summed E-state index contributed by atoms with van der Waals surface area (Å²) in [7, 11) is 0. The van der Waals surface area contributed by atoms with E-state index in [1.54, 1.807) is 19.9 Å². The topological polar surface area (TPSA) is 68.9 Å². The molecule has 0 spiro atoms. The van der Waals surface area contributed by atoms with E-state index in [1.165, 1.54) is 6.07 Å². The van der Waals surface area contributed by atoms with Crippen molar-refractivity contribution in [1.29, 1.82) is 0 Å². The van der Waals surface area contributed by atoms with Gasteiger partial charge in [-0.1, -0.05) is 0 Å². The number of fused-ring (bicyclic) bond motifs is 3. The minimum Gasteiger partial charge on any atom is -0.485 e. The van der Waals surface area contributed by atoms with Crippen molar-refractivity contribution in [3.05, 3.63) is 40.2 Å². The SMILES string of the molecule is CCO[C@@H]1c2c(ccc3ccc(=O)oc23)OC(C)(C)[C@H]1O. The molecule has 0 saturated carbocycles. The van der Waals surface area contributed by atoms with Crippen molar-refractivity contribution in [2.24, 2.45) is 0 Å². The Hall–Kier alpha value is -1.85. The lowest BCUT2D eigenvalue weighted by molar-refractivity contribution is -0.132. The second kappa shape index (κ2) is 4.86. The fraction of sp³-hybridized carbons (Fsp3) is 0.438. The zero-order chi connectivity index (χ0) is 15.2. The highest BCUT2D eigenvalue weighted by Crippen LogP contribution is 2.44. The van der Waals surface area contributed by atoms with Gasteiger partial charge >= 0.3 is 5.63 Å². The molecule has 1 aromatic carbocycles. The van der Waals surface area contributed by atoms with Gasteiger partial charge in [-0.25, -0.2) is 4.79 Å². The highest BCUT2D eigenvalue weighted by atomic mass is 16.5. The van der Waals surface area contributed by atoms with E-state index in [-0.39, 0.29) is 0 Å². The monoisotopic (exact) mass is 290 g/mol. The molecule has 0 aliphatic carbocycles. The fourth-order valence-corrected chi connectivity index (χ4v) is 2.71. The van der Waals surface area contributed by atoms with Crippen molar-refractivity contribution < 1.29 is 19.0 Å². The summed E-state index contributed by atoms with van der Waals surface area (Å²) in [4.78, 5) is 11.5. The van der Waals surface area contributed by atoms with Crippen LogP contribution in [0.15, 0.2) is 33.5 Å². The maximum absolute atomic E-state index is 11.5. The summed E-state index contributed by atoms with van der Waals surface area (Å²) < 4.78 is 16.9. The van der Waals surface area contributed by atoms with E-state index < -0.39 is 23.4 Å². The zero-order valence-corrected chi connectivity index (χ0v) is 12.3. The van der Waals surface area contributed by atoms with Crippen LogP contribution in [0, 0.1) is 0 Å². The molecule has 2 heterocycles. The van der Waals surface area contributed by atoms with Gasteiger partial charge in [0.2, 0.25) is 0 Å². The molecule has 2 atom stereocenters. The Morgan fingerprint density at radius 3 is 2.71 bits per heavy atom. The maximum atomic E-state index is 11.5. The average Bonchev–Trinajstić information content (AvgIpc) is 2.43. The van der Waals surface area contributed by atoms with Crippen LogP contribution in [-0.4, -0.2) is 23.4 Å². The number of benzene rings is 1. The van der Waals surface area contributed by atoms with E-state index in [2.05, 4.69) is 0 Å². The molecule has 3 rings (SSSR count). The molecule has 0 unspecified atom stereocenters. The molecule has 21 heavy (non-hydrogen) atoms. The Morgan fingerprint density at radius 1 is 1.29 bits per heavy atom. The number of rotatable bonds is 2. The summed E-state index contributed by atoms with van der Waals surface area (Å²) in [5.41, 5.74) is -0.215. The molecule has 1 N–H and O–H groups in total. The van der Waals surface area contributed by atoms with Crippen molar-refractivity contribution >= 4 is 11.0 Å². The molecular weight excluding hydrogens is 272 g/mol. The largest absolute Gasteiger partial charge is 0.485 e. The van der Waals surface area contributed by atoms with Crippen LogP contribution in [0.5, 0.6) is 5.75 Å². The molecule has 1 aromatic heterocycles. The molecule has 0 amide bonds. The van der Waals surface area contributed by atoms with Gasteiger partial charge in [-0.15, -0.1) is 0 Å². The van der Waals surface area contributed by atoms with E-state index in [4.69, 9.17) is 13.9 Å². The fourth-order valence-electron chi connectivity index (χ4n) is 2.71. The predicted molar refractivity (Wildman–Crippen MR) is 77.6 cm³/mol. The molecule has 5 nitrogen and oxygen atoms in total. The second-order valence-electron chi connectivity index (χ2n) is 5.68. The van der Waals surface area contributed by atoms with Crippen LogP contribution in [0.25, 0.3) is 11.0 Å². The number of hydrogen-bond acceptors (Lipinski definition) is 5. The van der Waals surface area contributed by atoms with Crippen LogP contribution in [-0.2, 0) is 4.74 Å². The van der Waals surface area contributed by atoms with Gasteiger partial charge in [-0.3, -0.25) is 0 Å². The Bertz CT molecular complexity index is 731. The maximum Gasteiger partial charge on any atom is 0.336 e. The first kappa shape index (κ1) is 14.1. The molecule has 112 valence electrons. The van der Waals surface area contributed by atoms with Crippen molar-refractivity contribution in [3.8, 4) is 5.75 Å². The second-order valence-corrected chi connectivity index (χ2v) is 5.68. The lowest BCUT2D eigenvalue weighted by Gasteiger charge is -2.41. The number of ether oxygens (including phenoxy) is 2. The van der Waals surface area contributed by atoms with E-state index in [9.17, 15) is 9.90 Å². The molecule has 2 aromatic rings. The summed E-state index contributed by atoms with van der Waals surface area (Å²) in [6.07, 6.45) is -1.45. The normalized spacial score (nSPS) is 23.6. The van der Waals surface area contributed by atoms with Crippen LogP contribution in [0.1, 0.15) is 32.4 Å². The van der Waals surface area contributed by atoms with Crippen LogP contribution < -0.4 is 10.4 Å². The van der Waals surface area contributed by atoms with Crippen LogP contribution >= 0.6 is 0 Å². The van der Waals surface area contributed by atoms with Crippen LogP contribution in [0.4, 0.5) is 0 Å². The summed E-state index contributed by atoms with van der Waals surface area (Å²) in [6.45, 7) is 5.90. The molecule has 0 radical (unpaired) electrons. The summed E-state index contributed by atoms with van der Waals surface area (Å²) in [5.74, 6) is 0.575. The van der Waals surface area contributed by atoms with Crippen molar-refractivity contribution in [3.63, 3.8) is 0 Å². The molecule has 1 aliphatic rings. The highest BCUT2D eigenvalue weighted by molar-refractivity contribution is 5.83. The average molecular weight is 290 g/mol. The first-order valence-corrected chi connectivity index (χ1v) is 6.99. The molecule has 0 saturated heterocycles. The van der Waals surface area contributed by atoms with E-state index in [0.29, 0.717) is 23.5 Å². The highest BCUT2D eigenvalue weighted by Gasteiger charge is 2.44. The van der Waals surface area contributed by atoms with Crippen molar-refractivity contribution in [2.45, 2.75) is 38.6 Å². The number of aliphatic hydroxyl groups excluding tert-OH is 1. The predicted octanol–water partition coefficient (Wildman–Crippen LogP) is 2.40. The minimum absolute atomic E-state index is 0.410. The smallest absolute Gasteiger partial charge is 0.336 e. The van der Waals surface area contributed by atoms with Gasteiger partial charge in [0, 0.05) is 18.1 Å². The number of hydrogen-bond donors (Lipinski definition) is 1. The molecule has 0 bridgehead atoms. The zero-order valence-electron chi connectivity index (χ0n) is 12.3. The van der Waals surface area contributed by atoms with Crippen molar-refractivity contribution in [2.75, 3.05) is 6.61 Å². The van der Waals surface area contributed by atoms with Crippen LogP contribution in [0.2, 0.25) is 0 Å². The summed E-state index contributed by atoms with van der Waals surface area (Å²) in [5, 5.41) is 11.3. The van der Waals surface area contributed by atoms with Gasteiger partial charge < -0.3 is 19.0 Å². The van der Waals surface area contributed by atoms with Gasteiger partial charge in [0.25, 0.3) is 0 Å². The lowest BCUT2D eigenvalue weighted by Crippen LogP contribution is -2.49. The van der Waals surface area contributed by atoms with E-state index in [1.807, 2.05) is 19.1 Å². The van der Waals surface area contributed by atoms with Gasteiger partial charge in [0.05, 0.1) is 5.56 Å². The molecule has 0 fully saturated rings. The molecule has 5 heteroatoms. The Balaban J connectivity index is 2.30. The van der Waals surface area contributed by atoms with Gasteiger partial charge in [-0.05, 0) is 39.0 Å². The quantitative estimate of drug-likeness (QED) is 0.860. The first-order chi connectivity index (χ1) is 9.94. The van der Waals surface area contributed by atoms with E-state index >= 15 is 0 Å². The Kier molecular flexibility index (Phi) is 3.26. The van der Waals surface area contributed by atoms with Gasteiger partial charge in [0.1, 0.15) is 29.1 Å². The third-order valence-corrected chi connectivity index (χ3v) is 3.79. The van der Waals surface area contributed by atoms with Crippen LogP contribution in [0.3, 0.4) is 0 Å². The van der Waals surface area contributed by atoms with E-state index in [0.717, 1.165) is 5.39 Å². The Labute approximate surface area is 122 Å². The minimum atomic E-state index is -0.860. The first-order valence-electron chi connectivity index (χ1n) is 6.99. The third-order valence-electron chi connectivity index (χ3n) is 3.79. The summed E-state index contributed by atoms with van der Waals surface area (Å²) in [6, 6.07) is 6.70. The number of aliphatic hydroxyl groups is 1. The van der Waals surface area contributed by atoms with Crippen molar-refractivity contribution in [1.82, 2.24) is 0 Å². The van der Waals surface area contributed by atoms with Gasteiger partial charge in [-0.2, -0.15) is 0 Å². The Morgan fingerprint density at radius 2 is 2.00 bits per heavy atom. The van der Waals surface area contributed by atoms with Gasteiger partial charge in [0.15, 0.2) is 0 Å².